The molecule has 20 heavy (non-hydrogen) atoms. The lowest BCUT2D eigenvalue weighted by atomic mass is 10.2. The number of nitrogens with one attached hydrogen (secondary N) is 1. The number of aromatic nitrogens is 1. The fraction of sp³-hybridized carbons (Fsp3) is 0.200. The van der Waals surface area contributed by atoms with Crippen LogP contribution in [0.25, 0.3) is 0 Å². The molecule has 0 saturated heterocycles. The molecule has 0 aliphatic heterocycles. The first-order chi connectivity index (χ1) is 9.67. The molecule has 100 valence electrons. The highest BCUT2D eigenvalue weighted by atomic mass is 35.5. The second-order valence-corrected chi connectivity index (χ2v) is 5.17. The summed E-state index contributed by atoms with van der Waals surface area (Å²) in [6.45, 7) is 0. The van der Waals surface area contributed by atoms with Crippen LogP contribution in [0.5, 0.6) is 0 Å². The summed E-state index contributed by atoms with van der Waals surface area (Å²) in [4.78, 5) is 4.48. The SMILES string of the molecule is N#Cc1ccc(C2CC2)nc1Nc1ccc(F)cc1Cl. The summed E-state index contributed by atoms with van der Waals surface area (Å²) in [6.07, 6.45) is 2.27. The van der Waals surface area contributed by atoms with Crippen LogP contribution in [0.3, 0.4) is 0 Å². The van der Waals surface area contributed by atoms with E-state index in [2.05, 4.69) is 16.4 Å². The van der Waals surface area contributed by atoms with E-state index in [-0.39, 0.29) is 5.02 Å². The normalized spacial score (nSPS) is 13.8. The minimum absolute atomic E-state index is 0.257. The summed E-state index contributed by atoms with van der Waals surface area (Å²) < 4.78 is 13.0. The van der Waals surface area contributed by atoms with Crippen LogP contribution in [-0.2, 0) is 0 Å². The fourth-order valence-electron chi connectivity index (χ4n) is 1.98. The van der Waals surface area contributed by atoms with E-state index in [9.17, 15) is 4.39 Å². The van der Waals surface area contributed by atoms with E-state index in [4.69, 9.17) is 16.9 Å². The quantitative estimate of drug-likeness (QED) is 0.912. The van der Waals surface area contributed by atoms with Gasteiger partial charge in [0.1, 0.15) is 17.7 Å². The van der Waals surface area contributed by atoms with E-state index >= 15 is 0 Å². The standard InChI is InChI=1S/C15H11ClFN3/c16-12-7-11(17)4-6-14(12)20-15-10(8-18)3-5-13(19-15)9-1-2-9/h3-7,9H,1-2H2,(H,19,20). The molecule has 0 radical (unpaired) electrons. The first-order valence-corrected chi connectivity index (χ1v) is 6.68. The minimum atomic E-state index is -0.402. The van der Waals surface area contributed by atoms with Crippen LogP contribution in [-0.4, -0.2) is 4.98 Å². The lowest BCUT2D eigenvalue weighted by molar-refractivity contribution is 0.628. The van der Waals surface area contributed by atoms with Crippen LogP contribution in [0.15, 0.2) is 30.3 Å². The minimum Gasteiger partial charge on any atom is -0.338 e. The Morgan fingerprint density at radius 1 is 1.30 bits per heavy atom. The molecule has 0 unspecified atom stereocenters. The van der Waals surface area contributed by atoms with Crippen molar-refractivity contribution in [1.82, 2.24) is 4.98 Å². The van der Waals surface area contributed by atoms with Crippen molar-refractivity contribution in [2.45, 2.75) is 18.8 Å². The first-order valence-electron chi connectivity index (χ1n) is 6.30. The molecule has 1 aliphatic rings. The Morgan fingerprint density at radius 2 is 2.10 bits per heavy atom. The smallest absolute Gasteiger partial charge is 0.148 e. The summed E-state index contributed by atoms with van der Waals surface area (Å²) >= 11 is 5.98. The van der Waals surface area contributed by atoms with E-state index in [1.807, 2.05) is 6.07 Å². The molecule has 1 aromatic heterocycles. The number of nitrogens with zero attached hydrogens (tertiary/aromatic N) is 2. The highest BCUT2D eigenvalue weighted by molar-refractivity contribution is 6.33. The first kappa shape index (κ1) is 12.9. The van der Waals surface area contributed by atoms with Gasteiger partial charge in [-0.25, -0.2) is 9.37 Å². The van der Waals surface area contributed by atoms with Gasteiger partial charge in [-0.05, 0) is 43.2 Å². The zero-order chi connectivity index (χ0) is 14.1. The van der Waals surface area contributed by atoms with Gasteiger partial charge in [0.2, 0.25) is 0 Å². The summed E-state index contributed by atoms with van der Waals surface area (Å²) in [7, 11) is 0. The maximum absolute atomic E-state index is 13.0. The van der Waals surface area contributed by atoms with E-state index < -0.39 is 5.82 Å². The van der Waals surface area contributed by atoms with Gasteiger partial charge in [0.15, 0.2) is 0 Å². The zero-order valence-corrected chi connectivity index (χ0v) is 11.3. The summed E-state index contributed by atoms with van der Waals surface area (Å²) in [6, 6.07) is 9.79. The van der Waals surface area contributed by atoms with E-state index in [0.29, 0.717) is 23.0 Å². The van der Waals surface area contributed by atoms with Crippen LogP contribution in [0.4, 0.5) is 15.9 Å². The van der Waals surface area contributed by atoms with Gasteiger partial charge < -0.3 is 5.32 Å². The number of nitriles is 1. The molecule has 1 N–H and O–H groups in total. The van der Waals surface area contributed by atoms with E-state index in [0.717, 1.165) is 18.5 Å². The molecule has 1 heterocycles. The molecule has 1 fully saturated rings. The number of benzene rings is 1. The number of halogens is 2. The van der Waals surface area contributed by atoms with Crippen molar-refractivity contribution < 1.29 is 4.39 Å². The van der Waals surface area contributed by atoms with Gasteiger partial charge in [-0.3, -0.25) is 0 Å². The number of hydrogen-bond donors (Lipinski definition) is 1. The summed E-state index contributed by atoms with van der Waals surface area (Å²) in [5.74, 6) is 0.554. The molecule has 1 aliphatic carbocycles. The Kier molecular flexibility index (Phi) is 3.29. The molecule has 0 atom stereocenters. The van der Waals surface area contributed by atoms with Crippen LogP contribution < -0.4 is 5.32 Å². The summed E-state index contributed by atoms with van der Waals surface area (Å²) in [5, 5.41) is 12.4. The largest absolute Gasteiger partial charge is 0.338 e. The highest BCUT2D eigenvalue weighted by Crippen LogP contribution is 2.40. The lowest BCUT2D eigenvalue weighted by Crippen LogP contribution is -2.00. The third-order valence-corrected chi connectivity index (χ3v) is 3.53. The molecule has 5 heteroatoms. The second-order valence-electron chi connectivity index (χ2n) is 4.77. The van der Waals surface area contributed by atoms with Crippen molar-refractivity contribution >= 4 is 23.1 Å². The molecular formula is C15H11ClFN3. The van der Waals surface area contributed by atoms with E-state index in [1.165, 1.54) is 18.2 Å². The number of pyridine rings is 1. The summed E-state index contributed by atoms with van der Waals surface area (Å²) in [5.41, 5.74) is 1.95. The van der Waals surface area contributed by atoms with Crippen LogP contribution in [0, 0.1) is 17.1 Å². The third kappa shape index (κ3) is 2.59. The lowest BCUT2D eigenvalue weighted by Gasteiger charge is -2.10. The average Bonchev–Trinajstić information content (AvgIpc) is 3.26. The Hall–Kier alpha value is -2.12. The van der Waals surface area contributed by atoms with Gasteiger partial charge in [-0.1, -0.05) is 11.6 Å². The van der Waals surface area contributed by atoms with Gasteiger partial charge in [-0.15, -0.1) is 0 Å². The molecule has 0 bridgehead atoms. The number of anilines is 2. The van der Waals surface area contributed by atoms with Crippen molar-refractivity contribution in [2.75, 3.05) is 5.32 Å². The van der Waals surface area contributed by atoms with Crippen LogP contribution in [0.2, 0.25) is 5.02 Å². The molecule has 3 rings (SSSR count). The van der Waals surface area contributed by atoms with Gasteiger partial charge in [0.05, 0.1) is 16.3 Å². The third-order valence-electron chi connectivity index (χ3n) is 3.22. The van der Waals surface area contributed by atoms with Crippen LogP contribution in [0.1, 0.15) is 30.0 Å². The van der Waals surface area contributed by atoms with Crippen molar-refractivity contribution in [1.29, 1.82) is 5.26 Å². The van der Waals surface area contributed by atoms with Crippen molar-refractivity contribution in [3.05, 3.63) is 52.4 Å². The average molecular weight is 288 g/mol. The highest BCUT2D eigenvalue weighted by Gasteiger charge is 2.25. The Labute approximate surface area is 121 Å². The van der Waals surface area contributed by atoms with Gasteiger partial charge in [0.25, 0.3) is 0 Å². The predicted molar refractivity (Wildman–Crippen MR) is 75.6 cm³/mol. The monoisotopic (exact) mass is 287 g/mol. The molecule has 0 spiro atoms. The molecule has 1 saturated carbocycles. The maximum atomic E-state index is 13.0. The molecule has 3 nitrogen and oxygen atoms in total. The van der Waals surface area contributed by atoms with Crippen LogP contribution >= 0.6 is 11.6 Å². The van der Waals surface area contributed by atoms with Gasteiger partial charge >= 0.3 is 0 Å². The van der Waals surface area contributed by atoms with Gasteiger partial charge in [-0.2, -0.15) is 5.26 Å². The predicted octanol–water partition coefficient (Wildman–Crippen LogP) is 4.37. The number of hydrogen-bond acceptors (Lipinski definition) is 3. The topological polar surface area (TPSA) is 48.7 Å². The molecular weight excluding hydrogens is 277 g/mol. The van der Waals surface area contributed by atoms with E-state index in [1.54, 1.807) is 6.07 Å². The van der Waals surface area contributed by atoms with Gasteiger partial charge in [0, 0.05) is 11.6 Å². The Bertz CT molecular complexity index is 705. The zero-order valence-electron chi connectivity index (χ0n) is 10.5. The molecule has 1 aromatic carbocycles. The Balaban J connectivity index is 1.96. The van der Waals surface area contributed by atoms with Crippen molar-refractivity contribution in [3.63, 3.8) is 0 Å². The maximum Gasteiger partial charge on any atom is 0.148 e. The number of rotatable bonds is 3. The molecule has 2 aromatic rings. The second kappa shape index (κ2) is 5.10. The Morgan fingerprint density at radius 3 is 2.75 bits per heavy atom. The fourth-order valence-corrected chi connectivity index (χ4v) is 2.20. The van der Waals surface area contributed by atoms with Crippen molar-refractivity contribution in [3.8, 4) is 6.07 Å². The van der Waals surface area contributed by atoms with Crippen molar-refractivity contribution in [2.24, 2.45) is 0 Å². The molecule has 0 amide bonds.